The number of halogens is 1. The van der Waals surface area contributed by atoms with Crippen molar-refractivity contribution < 1.29 is 4.39 Å². The molecule has 1 radical (unpaired) electrons. The highest BCUT2D eigenvalue weighted by atomic mass is 19.1. The van der Waals surface area contributed by atoms with E-state index in [0.717, 1.165) is 16.9 Å². The average Bonchev–Trinajstić information content (AvgIpc) is 2.78. The van der Waals surface area contributed by atoms with Crippen LogP contribution >= 0.6 is 0 Å². The van der Waals surface area contributed by atoms with Crippen molar-refractivity contribution in [2.24, 2.45) is 0 Å². The van der Waals surface area contributed by atoms with Crippen LogP contribution in [0, 0.1) is 12.1 Å². The lowest BCUT2D eigenvalue weighted by molar-refractivity contribution is 0.628. The molecule has 0 fully saturated rings. The van der Waals surface area contributed by atoms with Gasteiger partial charge in [0.2, 0.25) is 0 Å². The van der Waals surface area contributed by atoms with Gasteiger partial charge in [0.25, 0.3) is 0 Å². The van der Waals surface area contributed by atoms with Gasteiger partial charge in [-0.05, 0) is 24.3 Å². The molecule has 0 atom stereocenters. The third kappa shape index (κ3) is 1.28. The topological polar surface area (TPSA) is 46.0 Å². The number of hydrogen-bond donors (Lipinski definition) is 1. The third-order valence-corrected chi connectivity index (χ3v) is 2.16. The molecule has 3 aromatic rings. The first-order valence-electron chi connectivity index (χ1n) is 4.41. The van der Waals surface area contributed by atoms with E-state index < -0.39 is 0 Å². The van der Waals surface area contributed by atoms with Crippen LogP contribution in [0.5, 0.6) is 0 Å². The molecular formula is C10H6FN4. The summed E-state index contributed by atoms with van der Waals surface area (Å²) in [5.41, 5.74) is 2.37. The van der Waals surface area contributed by atoms with Crippen LogP contribution in [0.15, 0.2) is 30.3 Å². The third-order valence-electron chi connectivity index (χ3n) is 2.16. The summed E-state index contributed by atoms with van der Waals surface area (Å²) in [6.45, 7) is 0. The fourth-order valence-corrected chi connectivity index (χ4v) is 1.43. The molecule has 2 aromatic heterocycles. The summed E-state index contributed by atoms with van der Waals surface area (Å²) >= 11 is 0. The van der Waals surface area contributed by atoms with Crippen LogP contribution in [-0.4, -0.2) is 19.8 Å². The maximum absolute atomic E-state index is 12.7. The molecule has 0 unspecified atom stereocenters. The zero-order valence-electron chi connectivity index (χ0n) is 7.61. The molecule has 4 nitrogen and oxygen atoms in total. The van der Waals surface area contributed by atoms with Gasteiger partial charge in [0, 0.05) is 11.6 Å². The quantitative estimate of drug-likeness (QED) is 0.650. The standard InChI is InChI=1S/C10H6FN4/c11-8-3-1-7(2-4-8)9-5-10-12-6-13-15(10)14-9/h1-5H,(H,12,13). The van der Waals surface area contributed by atoms with Crippen LogP contribution in [0.3, 0.4) is 0 Å². The van der Waals surface area contributed by atoms with Crippen LogP contribution in [0.2, 0.25) is 0 Å². The van der Waals surface area contributed by atoms with Gasteiger partial charge in [-0.2, -0.15) is 0 Å². The number of aromatic amines is 1. The van der Waals surface area contributed by atoms with E-state index >= 15 is 0 Å². The largest absolute Gasteiger partial charge is 0.319 e. The van der Waals surface area contributed by atoms with Crippen molar-refractivity contribution in [2.75, 3.05) is 0 Å². The van der Waals surface area contributed by atoms with Crippen molar-refractivity contribution in [3.8, 4) is 11.3 Å². The summed E-state index contributed by atoms with van der Waals surface area (Å²) in [4.78, 5) is 2.81. The van der Waals surface area contributed by atoms with Crippen LogP contribution in [0.25, 0.3) is 16.9 Å². The summed E-state index contributed by atoms with van der Waals surface area (Å²) < 4.78 is 14.1. The molecule has 5 heteroatoms. The number of aromatic nitrogens is 4. The highest BCUT2D eigenvalue weighted by Gasteiger charge is 2.05. The summed E-state index contributed by atoms with van der Waals surface area (Å²) in [7, 11) is 0. The first-order chi connectivity index (χ1) is 7.33. The number of rotatable bonds is 1. The van der Waals surface area contributed by atoms with Gasteiger partial charge in [0.05, 0.1) is 5.69 Å². The summed E-state index contributed by atoms with van der Waals surface area (Å²) in [6, 6.07) is 8.00. The number of fused-ring (bicyclic) bond motifs is 1. The van der Waals surface area contributed by atoms with Gasteiger partial charge < -0.3 is 4.98 Å². The van der Waals surface area contributed by atoms with Gasteiger partial charge >= 0.3 is 0 Å². The molecule has 15 heavy (non-hydrogen) atoms. The van der Waals surface area contributed by atoms with E-state index in [1.165, 1.54) is 16.8 Å². The highest BCUT2D eigenvalue weighted by molar-refractivity contribution is 5.63. The van der Waals surface area contributed by atoms with Crippen molar-refractivity contribution in [2.45, 2.75) is 0 Å². The Morgan fingerprint density at radius 3 is 2.80 bits per heavy atom. The van der Waals surface area contributed by atoms with E-state index in [2.05, 4.69) is 21.5 Å². The second-order valence-electron chi connectivity index (χ2n) is 3.15. The van der Waals surface area contributed by atoms with E-state index in [1.807, 2.05) is 6.07 Å². The molecule has 2 heterocycles. The number of nitrogens with one attached hydrogen (secondary N) is 1. The maximum Gasteiger partial charge on any atom is 0.199 e. The van der Waals surface area contributed by atoms with Crippen molar-refractivity contribution in [1.82, 2.24) is 19.8 Å². The number of hydrogen-bond acceptors (Lipinski definition) is 2. The van der Waals surface area contributed by atoms with Gasteiger partial charge in [-0.1, -0.05) is 0 Å². The van der Waals surface area contributed by atoms with Crippen molar-refractivity contribution >= 4 is 5.65 Å². The molecule has 0 aliphatic heterocycles. The highest BCUT2D eigenvalue weighted by Crippen LogP contribution is 2.18. The zero-order chi connectivity index (χ0) is 10.3. The molecule has 0 aliphatic rings. The van der Waals surface area contributed by atoms with E-state index in [0.29, 0.717) is 0 Å². The lowest BCUT2D eigenvalue weighted by Gasteiger charge is -1.94. The summed E-state index contributed by atoms with van der Waals surface area (Å²) in [5, 5.41) is 8.03. The number of benzene rings is 1. The fourth-order valence-electron chi connectivity index (χ4n) is 1.43. The van der Waals surface area contributed by atoms with Gasteiger partial charge in [0.1, 0.15) is 5.82 Å². The predicted octanol–water partition coefficient (Wildman–Crippen LogP) is 1.66. The van der Waals surface area contributed by atoms with E-state index in [9.17, 15) is 4.39 Å². The molecule has 0 saturated carbocycles. The minimum Gasteiger partial charge on any atom is -0.319 e. The average molecular weight is 201 g/mol. The van der Waals surface area contributed by atoms with Crippen LogP contribution < -0.4 is 0 Å². The summed E-state index contributed by atoms with van der Waals surface area (Å²) in [6.07, 6.45) is 2.57. The Hall–Kier alpha value is -2.17. The second kappa shape index (κ2) is 2.91. The normalized spacial score (nSPS) is 11.0. The molecule has 73 valence electrons. The Morgan fingerprint density at radius 2 is 2.07 bits per heavy atom. The van der Waals surface area contributed by atoms with Crippen molar-refractivity contribution in [1.29, 1.82) is 0 Å². The van der Waals surface area contributed by atoms with Gasteiger partial charge in [0.15, 0.2) is 12.0 Å². The first-order valence-corrected chi connectivity index (χ1v) is 4.41. The van der Waals surface area contributed by atoms with E-state index in [1.54, 1.807) is 12.1 Å². The fraction of sp³-hybridized carbons (Fsp3) is 0. The molecule has 0 bridgehead atoms. The van der Waals surface area contributed by atoms with Gasteiger partial charge in [-0.3, -0.25) is 0 Å². The second-order valence-corrected chi connectivity index (χ2v) is 3.15. The Balaban J connectivity index is 2.13. The van der Waals surface area contributed by atoms with Gasteiger partial charge in [-0.15, -0.1) is 14.8 Å². The molecular weight excluding hydrogens is 195 g/mol. The Labute approximate surface area is 84.4 Å². The zero-order valence-corrected chi connectivity index (χ0v) is 7.61. The number of nitrogens with zero attached hydrogens (tertiary/aromatic N) is 3. The molecule has 1 aromatic carbocycles. The predicted molar refractivity (Wildman–Crippen MR) is 51.6 cm³/mol. The lowest BCUT2D eigenvalue weighted by atomic mass is 10.1. The Kier molecular flexibility index (Phi) is 1.58. The molecule has 0 spiro atoms. The van der Waals surface area contributed by atoms with Crippen LogP contribution in [0.4, 0.5) is 4.39 Å². The molecule has 3 rings (SSSR count). The van der Waals surface area contributed by atoms with Crippen LogP contribution in [-0.2, 0) is 0 Å². The van der Waals surface area contributed by atoms with Crippen molar-refractivity contribution in [3.05, 3.63) is 42.5 Å². The molecule has 1 N–H and O–H groups in total. The minimum atomic E-state index is -0.255. The summed E-state index contributed by atoms with van der Waals surface area (Å²) in [5.74, 6) is -0.255. The minimum absolute atomic E-state index is 0.255. The van der Waals surface area contributed by atoms with Gasteiger partial charge in [-0.25, -0.2) is 4.39 Å². The Morgan fingerprint density at radius 1 is 1.27 bits per heavy atom. The lowest BCUT2D eigenvalue weighted by Crippen LogP contribution is -1.86. The van der Waals surface area contributed by atoms with Crippen molar-refractivity contribution in [3.63, 3.8) is 0 Å². The first kappa shape index (κ1) is 8.16. The monoisotopic (exact) mass is 201 g/mol. The number of H-pyrrole nitrogens is 1. The molecule has 0 aliphatic carbocycles. The van der Waals surface area contributed by atoms with Crippen LogP contribution in [0.1, 0.15) is 0 Å². The maximum atomic E-state index is 12.7. The van der Waals surface area contributed by atoms with E-state index in [-0.39, 0.29) is 5.82 Å². The Bertz CT molecular complexity index is 565. The SMILES string of the molecule is Fc1ccc(-c2cc3[nH][c]nn3n2)cc1. The van der Waals surface area contributed by atoms with E-state index in [4.69, 9.17) is 0 Å². The molecule has 0 amide bonds. The molecule has 0 saturated heterocycles. The smallest absolute Gasteiger partial charge is 0.199 e.